The topological polar surface area (TPSA) is 14.1 Å². The third kappa shape index (κ3) is 1.09. The minimum Gasteiger partial charge on any atom is -0.247 e. The van der Waals surface area contributed by atoms with Crippen LogP contribution in [0.1, 0.15) is 11.1 Å². The molecule has 0 fully saturated rings. The van der Waals surface area contributed by atoms with Crippen LogP contribution in [-0.2, 0) is 0 Å². The molecular formula is C14H12N. The van der Waals surface area contributed by atoms with Crippen LogP contribution in [0.4, 0.5) is 11.4 Å². The van der Waals surface area contributed by atoms with Crippen molar-refractivity contribution in [1.82, 2.24) is 5.32 Å². The summed E-state index contributed by atoms with van der Waals surface area (Å²) in [6.07, 6.45) is 0. The molecule has 1 heterocycles. The van der Waals surface area contributed by atoms with Gasteiger partial charge in [0.15, 0.2) is 0 Å². The second-order valence-corrected chi connectivity index (χ2v) is 4.03. The van der Waals surface area contributed by atoms with E-state index in [1.165, 1.54) is 22.3 Å². The summed E-state index contributed by atoms with van der Waals surface area (Å²) in [6.45, 7) is 4.28. The fourth-order valence-electron chi connectivity index (χ4n) is 2.08. The summed E-state index contributed by atoms with van der Waals surface area (Å²) >= 11 is 0. The molecule has 0 N–H and O–H groups in total. The van der Waals surface area contributed by atoms with Gasteiger partial charge in [-0.15, -0.1) is 0 Å². The van der Waals surface area contributed by atoms with Crippen LogP contribution in [0.5, 0.6) is 0 Å². The van der Waals surface area contributed by atoms with Crippen molar-refractivity contribution in [2.24, 2.45) is 0 Å². The van der Waals surface area contributed by atoms with Crippen LogP contribution in [0, 0.1) is 13.8 Å². The van der Waals surface area contributed by atoms with Crippen LogP contribution < -0.4 is 5.32 Å². The van der Waals surface area contributed by atoms with Crippen molar-refractivity contribution in [3.63, 3.8) is 0 Å². The quantitative estimate of drug-likeness (QED) is 0.516. The number of nitrogens with zero attached hydrogens (tertiary/aromatic N) is 1. The lowest BCUT2D eigenvalue weighted by Gasteiger charge is -2.05. The molecule has 1 radical (unpaired) electrons. The van der Waals surface area contributed by atoms with E-state index in [1.54, 1.807) is 0 Å². The number of fused-ring (bicyclic) bond motifs is 3. The third-order valence-electron chi connectivity index (χ3n) is 3.13. The molecule has 2 aromatic rings. The lowest BCUT2D eigenvalue weighted by Crippen LogP contribution is -1.88. The molecule has 0 atom stereocenters. The fourth-order valence-corrected chi connectivity index (χ4v) is 2.08. The van der Waals surface area contributed by atoms with Gasteiger partial charge in [0.2, 0.25) is 0 Å². The molecule has 0 spiro atoms. The van der Waals surface area contributed by atoms with Crippen molar-refractivity contribution in [2.75, 3.05) is 0 Å². The van der Waals surface area contributed by atoms with E-state index in [2.05, 4.69) is 49.5 Å². The summed E-state index contributed by atoms with van der Waals surface area (Å²) in [5.41, 5.74) is 7.38. The van der Waals surface area contributed by atoms with Gasteiger partial charge in [-0.3, -0.25) is 0 Å². The summed E-state index contributed by atoms with van der Waals surface area (Å²) in [6, 6.07) is 12.7. The van der Waals surface area contributed by atoms with Crippen molar-refractivity contribution in [3.05, 3.63) is 47.5 Å². The van der Waals surface area contributed by atoms with Crippen LogP contribution in [0.2, 0.25) is 0 Å². The molecule has 0 bridgehead atoms. The third-order valence-corrected chi connectivity index (χ3v) is 3.13. The van der Waals surface area contributed by atoms with Gasteiger partial charge in [0, 0.05) is 11.1 Å². The Bertz CT molecular complexity index is 541. The van der Waals surface area contributed by atoms with Crippen LogP contribution in [0.3, 0.4) is 0 Å². The maximum absolute atomic E-state index is 4.68. The van der Waals surface area contributed by atoms with Crippen molar-refractivity contribution >= 4 is 11.4 Å². The van der Waals surface area contributed by atoms with E-state index in [0.29, 0.717) is 0 Å². The van der Waals surface area contributed by atoms with Gasteiger partial charge in [-0.2, -0.15) is 0 Å². The smallest absolute Gasteiger partial charge is 0.0748 e. The molecule has 15 heavy (non-hydrogen) atoms. The van der Waals surface area contributed by atoms with Crippen LogP contribution >= 0.6 is 0 Å². The number of hydrogen-bond donors (Lipinski definition) is 0. The first kappa shape index (κ1) is 8.54. The minimum atomic E-state index is 1.10. The Balaban J connectivity index is 2.31. The molecule has 2 aromatic carbocycles. The molecule has 1 aliphatic heterocycles. The van der Waals surface area contributed by atoms with Crippen molar-refractivity contribution < 1.29 is 0 Å². The Kier molecular flexibility index (Phi) is 1.63. The molecule has 0 aromatic heterocycles. The van der Waals surface area contributed by atoms with E-state index in [0.717, 1.165) is 11.4 Å². The number of benzene rings is 2. The number of para-hydroxylation sites is 1. The summed E-state index contributed by atoms with van der Waals surface area (Å²) in [5.74, 6) is 0. The van der Waals surface area contributed by atoms with E-state index in [1.807, 2.05) is 6.07 Å². The van der Waals surface area contributed by atoms with Gasteiger partial charge in [-0.25, -0.2) is 5.32 Å². The Morgan fingerprint density at radius 1 is 0.867 bits per heavy atom. The minimum absolute atomic E-state index is 1.10. The SMILES string of the molecule is Cc1ccc2c(c1C)[N]c1ccccc1-2. The second kappa shape index (κ2) is 2.86. The molecule has 3 rings (SSSR count). The molecule has 1 aliphatic rings. The lowest BCUT2D eigenvalue weighted by molar-refractivity contribution is 1.19. The Hall–Kier alpha value is -1.76. The fraction of sp³-hybridized carbons (Fsp3) is 0.143. The average Bonchev–Trinajstić information content (AvgIpc) is 2.63. The molecule has 0 saturated heterocycles. The second-order valence-electron chi connectivity index (χ2n) is 4.03. The molecule has 0 saturated carbocycles. The zero-order valence-corrected chi connectivity index (χ0v) is 8.91. The zero-order chi connectivity index (χ0) is 10.4. The predicted octanol–water partition coefficient (Wildman–Crippen LogP) is 3.85. The van der Waals surface area contributed by atoms with Gasteiger partial charge in [0.25, 0.3) is 0 Å². The number of rotatable bonds is 0. The molecule has 0 unspecified atom stereocenters. The standard InChI is InChI=1S/C14H12N/c1-9-7-8-12-11-5-3-4-6-13(11)15-14(12)10(9)2/h3-8H,1-2H3. The summed E-state index contributed by atoms with van der Waals surface area (Å²) in [4.78, 5) is 0. The molecule has 1 heteroatoms. The highest BCUT2D eigenvalue weighted by atomic mass is 14.9. The first-order valence-electron chi connectivity index (χ1n) is 5.19. The summed E-state index contributed by atoms with van der Waals surface area (Å²) in [7, 11) is 0. The van der Waals surface area contributed by atoms with Gasteiger partial charge in [0.1, 0.15) is 0 Å². The van der Waals surface area contributed by atoms with Crippen LogP contribution in [-0.4, -0.2) is 0 Å². The Labute approximate surface area is 89.8 Å². The summed E-state index contributed by atoms with van der Waals surface area (Å²) < 4.78 is 0. The van der Waals surface area contributed by atoms with Gasteiger partial charge >= 0.3 is 0 Å². The van der Waals surface area contributed by atoms with Crippen molar-refractivity contribution in [1.29, 1.82) is 0 Å². The highest BCUT2D eigenvalue weighted by molar-refractivity contribution is 5.92. The van der Waals surface area contributed by atoms with Crippen LogP contribution in [0.15, 0.2) is 36.4 Å². The highest BCUT2D eigenvalue weighted by Crippen LogP contribution is 2.44. The van der Waals surface area contributed by atoms with E-state index in [4.69, 9.17) is 0 Å². The molecular weight excluding hydrogens is 182 g/mol. The van der Waals surface area contributed by atoms with E-state index < -0.39 is 0 Å². The first-order valence-corrected chi connectivity index (χ1v) is 5.19. The lowest BCUT2D eigenvalue weighted by atomic mass is 10.0. The Morgan fingerprint density at radius 3 is 2.53 bits per heavy atom. The first-order chi connectivity index (χ1) is 7.27. The van der Waals surface area contributed by atoms with Gasteiger partial charge < -0.3 is 0 Å². The molecule has 73 valence electrons. The maximum atomic E-state index is 4.68. The van der Waals surface area contributed by atoms with E-state index in [-0.39, 0.29) is 0 Å². The summed E-state index contributed by atoms with van der Waals surface area (Å²) in [5, 5.41) is 4.68. The van der Waals surface area contributed by atoms with Crippen molar-refractivity contribution in [3.8, 4) is 11.1 Å². The average molecular weight is 194 g/mol. The van der Waals surface area contributed by atoms with Gasteiger partial charge in [0.05, 0.1) is 11.4 Å². The van der Waals surface area contributed by atoms with E-state index >= 15 is 0 Å². The highest BCUT2D eigenvalue weighted by Gasteiger charge is 2.20. The normalized spacial score (nSPS) is 11.9. The number of hydrogen-bond acceptors (Lipinski definition) is 0. The monoisotopic (exact) mass is 194 g/mol. The zero-order valence-electron chi connectivity index (χ0n) is 8.91. The largest absolute Gasteiger partial charge is 0.247 e. The van der Waals surface area contributed by atoms with Gasteiger partial charge in [-0.05, 0) is 31.0 Å². The number of aryl methyl sites for hydroxylation is 1. The molecule has 1 nitrogen and oxygen atoms in total. The molecule has 0 aliphatic carbocycles. The molecule has 0 amide bonds. The predicted molar refractivity (Wildman–Crippen MR) is 62.8 cm³/mol. The van der Waals surface area contributed by atoms with Crippen molar-refractivity contribution in [2.45, 2.75) is 13.8 Å². The van der Waals surface area contributed by atoms with Gasteiger partial charge in [-0.1, -0.05) is 30.3 Å². The van der Waals surface area contributed by atoms with E-state index in [9.17, 15) is 0 Å². The maximum Gasteiger partial charge on any atom is 0.0748 e. The van der Waals surface area contributed by atoms with Crippen LogP contribution in [0.25, 0.3) is 11.1 Å². The Morgan fingerprint density at radius 2 is 1.67 bits per heavy atom.